The molecule has 0 atom stereocenters. The van der Waals surface area contributed by atoms with E-state index < -0.39 is 0 Å². The van der Waals surface area contributed by atoms with Crippen LogP contribution in [0.3, 0.4) is 0 Å². The topological polar surface area (TPSA) is 52.6 Å². The summed E-state index contributed by atoms with van der Waals surface area (Å²) in [6.07, 6.45) is 4.82. The smallest absolute Gasteiger partial charge is 0.226 e. The molecule has 1 aromatic carbocycles. The third kappa shape index (κ3) is 3.73. The van der Waals surface area contributed by atoms with Crippen molar-refractivity contribution in [3.05, 3.63) is 29.8 Å². The second kappa shape index (κ2) is 6.75. The molecule has 4 heteroatoms. The van der Waals surface area contributed by atoms with Gasteiger partial charge in [-0.15, -0.1) is 0 Å². The number of likely N-dealkylation sites (N-methyl/N-ethyl adjacent to an activating group) is 1. The number of aromatic hydroxyl groups is 1. The molecule has 1 aliphatic rings. The average Bonchev–Trinajstić information content (AvgIpc) is 2.49. The lowest BCUT2D eigenvalue weighted by Crippen LogP contribution is -2.43. The molecule has 0 bridgehead atoms. The number of benzene rings is 1. The Morgan fingerprint density at radius 2 is 1.85 bits per heavy atom. The lowest BCUT2D eigenvalue weighted by atomic mass is 9.90. The minimum atomic E-state index is 0.156. The van der Waals surface area contributed by atoms with Crippen molar-refractivity contribution in [2.45, 2.75) is 44.2 Å². The summed E-state index contributed by atoms with van der Waals surface area (Å²) in [5, 5.41) is 12.6. The van der Waals surface area contributed by atoms with Gasteiger partial charge in [0.15, 0.2) is 0 Å². The van der Waals surface area contributed by atoms with E-state index in [2.05, 4.69) is 5.32 Å². The van der Waals surface area contributed by atoms with E-state index in [1.54, 1.807) is 24.3 Å². The molecular weight excluding hydrogens is 252 g/mol. The molecule has 1 amide bonds. The van der Waals surface area contributed by atoms with Crippen LogP contribution >= 0.6 is 0 Å². The molecule has 4 nitrogen and oxygen atoms in total. The normalized spacial score (nSPS) is 22.5. The van der Waals surface area contributed by atoms with Gasteiger partial charge in [0.05, 0.1) is 6.42 Å². The summed E-state index contributed by atoms with van der Waals surface area (Å²) in [7, 11) is 3.91. The second-order valence-corrected chi connectivity index (χ2v) is 5.64. The fourth-order valence-corrected chi connectivity index (χ4v) is 2.87. The van der Waals surface area contributed by atoms with Gasteiger partial charge in [-0.25, -0.2) is 0 Å². The number of nitrogens with zero attached hydrogens (tertiary/aromatic N) is 1. The van der Waals surface area contributed by atoms with Crippen molar-refractivity contribution in [1.29, 1.82) is 0 Å². The monoisotopic (exact) mass is 276 g/mol. The first-order valence-electron chi connectivity index (χ1n) is 7.31. The summed E-state index contributed by atoms with van der Waals surface area (Å²) in [5.74, 6) is 0.392. The van der Waals surface area contributed by atoms with Gasteiger partial charge in [0, 0.05) is 19.1 Å². The van der Waals surface area contributed by atoms with Crippen LogP contribution in [-0.4, -0.2) is 42.1 Å². The molecule has 2 N–H and O–H groups in total. The van der Waals surface area contributed by atoms with E-state index in [-0.39, 0.29) is 11.7 Å². The fraction of sp³-hybridized carbons (Fsp3) is 0.562. The molecule has 1 aliphatic carbocycles. The van der Waals surface area contributed by atoms with Crippen LogP contribution < -0.4 is 5.32 Å². The van der Waals surface area contributed by atoms with Gasteiger partial charge >= 0.3 is 0 Å². The third-order valence-corrected chi connectivity index (χ3v) is 4.34. The van der Waals surface area contributed by atoms with E-state index in [0.29, 0.717) is 18.5 Å². The molecule has 0 aliphatic heterocycles. The number of amides is 1. The largest absolute Gasteiger partial charge is 0.508 e. The number of hydrogen-bond acceptors (Lipinski definition) is 3. The minimum absolute atomic E-state index is 0.156. The first kappa shape index (κ1) is 14.9. The number of carbonyl (C=O) groups is 1. The first-order valence-corrected chi connectivity index (χ1v) is 7.31. The van der Waals surface area contributed by atoms with Crippen molar-refractivity contribution in [1.82, 2.24) is 10.2 Å². The molecule has 0 spiro atoms. The molecular formula is C16H24N2O2. The average molecular weight is 276 g/mol. The number of phenolic OH excluding ortho intramolecular Hbond substituents is 1. The highest BCUT2D eigenvalue weighted by molar-refractivity contribution is 5.78. The summed E-state index contributed by atoms with van der Waals surface area (Å²) in [6, 6.07) is 7.83. The van der Waals surface area contributed by atoms with E-state index in [1.165, 1.54) is 0 Å². The zero-order chi connectivity index (χ0) is 14.5. The Balaban J connectivity index is 1.87. The van der Waals surface area contributed by atoms with Crippen LogP contribution in [-0.2, 0) is 11.2 Å². The van der Waals surface area contributed by atoms with Gasteiger partial charge in [-0.3, -0.25) is 4.79 Å². The molecule has 0 saturated heterocycles. The minimum Gasteiger partial charge on any atom is -0.508 e. The molecule has 1 fully saturated rings. The van der Waals surface area contributed by atoms with E-state index in [0.717, 1.165) is 31.2 Å². The van der Waals surface area contributed by atoms with Crippen LogP contribution in [0.4, 0.5) is 0 Å². The third-order valence-electron chi connectivity index (χ3n) is 4.34. The van der Waals surface area contributed by atoms with Crippen LogP contribution in [0.5, 0.6) is 5.75 Å². The Kier molecular flexibility index (Phi) is 5.01. The number of carbonyl (C=O) groups excluding carboxylic acids is 1. The summed E-state index contributed by atoms with van der Waals surface area (Å²) >= 11 is 0. The molecule has 1 saturated carbocycles. The van der Waals surface area contributed by atoms with Crippen molar-refractivity contribution in [3.63, 3.8) is 0 Å². The Labute approximate surface area is 120 Å². The summed E-state index contributed by atoms with van der Waals surface area (Å²) in [6.45, 7) is 0. The van der Waals surface area contributed by atoms with Gasteiger partial charge in [-0.1, -0.05) is 12.1 Å². The number of rotatable bonds is 4. The Hall–Kier alpha value is -1.55. The standard InChI is InChI=1S/C16H24N2O2/c1-17-13-5-7-14(8-6-13)18(2)16(20)11-12-3-9-15(19)10-4-12/h3-4,9-10,13-14,17,19H,5-8,11H2,1-2H3. The second-order valence-electron chi connectivity index (χ2n) is 5.64. The zero-order valence-corrected chi connectivity index (χ0v) is 12.3. The van der Waals surface area contributed by atoms with Crippen molar-refractivity contribution in [2.75, 3.05) is 14.1 Å². The summed E-state index contributed by atoms with van der Waals surface area (Å²) in [5.41, 5.74) is 0.948. The van der Waals surface area contributed by atoms with Gasteiger partial charge in [0.2, 0.25) is 5.91 Å². The predicted octanol–water partition coefficient (Wildman–Crippen LogP) is 1.92. The van der Waals surface area contributed by atoms with Crippen LogP contribution in [0, 0.1) is 0 Å². The SMILES string of the molecule is CNC1CCC(N(C)C(=O)Cc2ccc(O)cc2)CC1. The maximum atomic E-state index is 12.3. The van der Waals surface area contributed by atoms with Gasteiger partial charge in [-0.2, -0.15) is 0 Å². The molecule has 1 aromatic rings. The zero-order valence-electron chi connectivity index (χ0n) is 12.3. The van der Waals surface area contributed by atoms with Gasteiger partial charge in [0.1, 0.15) is 5.75 Å². The first-order chi connectivity index (χ1) is 9.60. The maximum Gasteiger partial charge on any atom is 0.226 e. The Morgan fingerprint density at radius 3 is 2.40 bits per heavy atom. The molecule has 0 unspecified atom stereocenters. The van der Waals surface area contributed by atoms with Gasteiger partial charge in [0.25, 0.3) is 0 Å². The number of phenols is 1. The van der Waals surface area contributed by atoms with E-state index in [4.69, 9.17) is 0 Å². The van der Waals surface area contributed by atoms with Crippen LogP contribution in [0.25, 0.3) is 0 Å². The van der Waals surface area contributed by atoms with E-state index >= 15 is 0 Å². The van der Waals surface area contributed by atoms with Gasteiger partial charge < -0.3 is 15.3 Å². The predicted molar refractivity (Wildman–Crippen MR) is 79.7 cm³/mol. The van der Waals surface area contributed by atoms with Crippen molar-refractivity contribution in [3.8, 4) is 5.75 Å². The lowest BCUT2D eigenvalue weighted by Gasteiger charge is -2.34. The van der Waals surface area contributed by atoms with E-state index in [9.17, 15) is 9.90 Å². The van der Waals surface area contributed by atoms with Crippen LogP contribution in [0.1, 0.15) is 31.2 Å². The van der Waals surface area contributed by atoms with Crippen molar-refractivity contribution in [2.24, 2.45) is 0 Å². The van der Waals surface area contributed by atoms with Crippen LogP contribution in [0.15, 0.2) is 24.3 Å². The summed E-state index contributed by atoms with van der Waals surface area (Å²) in [4.78, 5) is 14.2. The van der Waals surface area contributed by atoms with Crippen molar-refractivity contribution < 1.29 is 9.90 Å². The number of hydrogen-bond donors (Lipinski definition) is 2. The van der Waals surface area contributed by atoms with Crippen molar-refractivity contribution >= 4 is 5.91 Å². The van der Waals surface area contributed by atoms with Crippen LogP contribution in [0.2, 0.25) is 0 Å². The molecule has 0 heterocycles. The molecule has 110 valence electrons. The molecule has 0 aromatic heterocycles. The maximum absolute atomic E-state index is 12.3. The van der Waals surface area contributed by atoms with Gasteiger partial charge in [-0.05, 0) is 50.4 Å². The molecule has 0 radical (unpaired) electrons. The molecule has 20 heavy (non-hydrogen) atoms. The quantitative estimate of drug-likeness (QED) is 0.883. The van der Waals surface area contributed by atoms with E-state index in [1.807, 2.05) is 19.0 Å². The fourth-order valence-electron chi connectivity index (χ4n) is 2.87. The highest BCUT2D eigenvalue weighted by atomic mass is 16.3. The Morgan fingerprint density at radius 1 is 1.25 bits per heavy atom. The lowest BCUT2D eigenvalue weighted by molar-refractivity contribution is -0.131. The molecule has 2 rings (SSSR count). The summed E-state index contributed by atoms with van der Waals surface area (Å²) < 4.78 is 0. The Bertz CT molecular complexity index is 436. The highest BCUT2D eigenvalue weighted by Crippen LogP contribution is 2.23. The highest BCUT2D eigenvalue weighted by Gasteiger charge is 2.25. The number of nitrogens with one attached hydrogen (secondary N) is 1.